The number of Topliss-reactive ketones (excluding diaryl/α,β-unsaturated/α-hetero) is 1. The molecule has 0 aliphatic heterocycles. The number of carbonyl (C=O) groups is 2. The van der Waals surface area contributed by atoms with Gasteiger partial charge in [-0.3, -0.25) is 4.79 Å². The number of amides is 2. The topological polar surface area (TPSA) is 78.4 Å². The standard InChI is InChI=1S/C17H26N2O3/c1-11-8-13(6-7-15(11)12(2)21)18-16(22)19-14(10-20)9-17(3,4)5/h6-8,14,20H,9-10H2,1-5H3,(H2,18,19,22). The molecule has 0 aromatic heterocycles. The fourth-order valence-corrected chi connectivity index (χ4v) is 2.39. The Labute approximate surface area is 132 Å². The Morgan fingerprint density at radius 1 is 1.27 bits per heavy atom. The second kappa shape index (κ2) is 7.40. The Morgan fingerprint density at radius 2 is 1.91 bits per heavy atom. The SMILES string of the molecule is CC(=O)c1ccc(NC(=O)NC(CO)CC(C)(C)C)cc1C. The molecule has 0 radical (unpaired) electrons. The maximum absolute atomic E-state index is 12.0. The summed E-state index contributed by atoms with van der Waals surface area (Å²) in [6.07, 6.45) is 0.680. The number of hydrogen-bond acceptors (Lipinski definition) is 3. The zero-order valence-electron chi connectivity index (χ0n) is 14.0. The van der Waals surface area contributed by atoms with Gasteiger partial charge in [-0.25, -0.2) is 4.79 Å². The number of carbonyl (C=O) groups excluding carboxylic acids is 2. The molecular formula is C17H26N2O3. The second-order valence-corrected chi connectivity index (χ2v) is 6.83. The van der Waals surface area contributed by atoms with Crippen molar-refractivity contribution in [1.82, 2.24) is 5.32 Å². The van der Waals surface area contributed by atoms with Crippen LogP contribution >= 0.6 is 0 Å². The first-order chi connectivity index (χ1) is 10.1. The van der Waals surface area contributed by atoms with E-state index in [0.717, 1.165) is 5.56 Å². The van der Waals surface area contributed by atoms with Gasteiger partial charge in [0.05, 0.1) is 12.6 Å². The number of hydrogen-bond donors (Lipinski definition) is 3. The van der Waals surface area contributed by atoms with Gasteiger partial charge < -0.3 is 15.7 Å². The number of anilines is 1. The van der Waals surface area contributed by atoms with E-state index in [0.29, 0.717) is 17.7 Å². The normalized spacial score (nSPS) is 12.6. The smallest absolute Gasteiger partial charge is 0.319 e. The van der Waals surface area contributed by atoms with E-state index in [1.165, 1.54) is 6.92 Å². The Balaban J connectivity index is 2.68. The van der Waals surface area contributed by atoms with Crippen LogP contribution in [0.2, 0.25) is 0 Å². The van der Waals surface area contributed by atoms with Crippen LogP contribution in [-0.2, 0) is 0 Å². The van der Waals surface area contributed by atoms with E-state index in [-0.39, 0.29) is 29.9 Å². The minimum Gasteiger partial charge on any atom is -0.394 e. The number of rotatable bonds is 5. The van der Waals surface area contributed by atoms with E-state index in [2.05, 4.69) is 31.4 Å². The molecule has 1 aromatic rings. The minimum absolute atomic E-state index is 0.000904. The average molecular weight is 306 g/mol. The quantitative estimate of drug-likeness (QED) is 0.731. The molecule has 2 amide bonds. The molecule has 0 aliphatic carbocycles. The third-order valence-corrected chi connectivity index (χ3v) is 3.28. The Kier molecular flexibility index (Phi) is 6.11. The second-order valence-electron chi connectivity index (χ2n) is 6.83. The van der Waals surface area contributed by atoms with Gasteiger partial charge in [0.2, 0.25) is 0 Å². The van der Waals surface area contributed by atoms with Crippen molar-refractivity contribution >= 4 is 17.5 Å². The van der Waals surface area contributed by atoms with Gasteiger partial charge in [0.25, 0.3) is 0 Å². The number of nitrogens with one attached hydrogen (secondary N) is 2. The lowest BCUT2D eigenvalue weighted by Gasteiger charge is -2.25. The average Bonchev–Trinajstić information content (AvgIpc) is 2.35. The van der Waals surface area contributed by atoms with Crippen molar-refractivity contribution < 1.29 is 14.7 Å². The molecule has 5 nitrogen and oxygen atoms in total. The lowest BCUT2D eigenvalue weighted by Crippen LogP contribution is -2.42. The third-order valence-electron chi connectivity index (χ3n) is 3.28. The van der Waals surface area contributed by atoms with Gasteiger partial charge in [-0.2, -0.15) is 0 Å². The van der Waals surface area contributed by atoms with Gasteiger partial charge in [0.15, 0.2) is 5.78 Å². The summed E-state index contributed by atoms with van der Waals surface area (Å²) >= 11 is 0. The summed E-state index contributed by atoms with van der Waals surface area (Å²) in [7, 11) is 0. The van der Waals surface area contributed by atoms with Crippen LogP contribution in [0, 0.1) is 12.3 Å². The fraction of sp³-hybridized carbons (Fsp3) is 0.529. The molecule has 0 heterocycles. The first-order valence-corrected chi connectivity index (χ1v) is 7.42. The first-order valence-electron chi connectivity index (χ1n) is 7.42. The number of aliphatic hydroxyl groups is 1. The number of aryl methyl sites for hydroxylation is 1. The monoisotopic (exact) mass is 306 g/mol. The van der Waals surface area contributed by atoms with Gasteiger partial charge in [-0.05, 0) is 49.4 Å². The van der Waals surface area contributed by atoms with Crippen molar-refractivity contribution in [1.29, 1.82) is 0 Å². The molecule has 0 fully saturated rings. The lowest BCUT2D eigenvalue weighted by molar-refractivity contribution is 0.101. The van der Waals surface area contributed by atoms with Crippen LogP contribution < -0.4 is 10.6 Å². The molecule has 0 aliphatic rings. The minimum atomic E-state index is -0.363. The van der Waals surface area contributed by atoms with E-state index >= 15 is 0 Å². The molecule has 0 saturated heterocycles. The zero-order valence-corrected chi connectivity index (χ0v) is 14.0. The van der Waals surface area contributed by atoms with Crippen molar-refractivity contribution in [3.8, 4) is 0 Å². The van der Waals surface area contributed by atoms with Crippen molar-refractivity contribution in [2.24, 2.45) is 5.41 Å². The zero-order chi connectivity index (χ0) is 16.9. The Hall–Kier alpha value is -1.88. The van der Waals surface area contributed by atoms with Crippen LogP contribution in [0.5, 0.6) is 0 Å². The summed E-state index contributed by atoms with van der Waals surface area (Å²) in [5, 5.41) is 14.9. The van der Waals surface area contributed by atoms with Gasteiger partial charge in [0.1, 0.15) is 0 Å². The Bertz CT molecular complexity index is 547. The first kappa shape index (κ1) is 18.2. The van der Waals surface area contributed by atoms with E-state index < -0.39 is 0 Å². The van der Waals surface area contributed by atoms with Crippen molar-refractivity contribution in [2.75, 3.05) is 11.9 Å². The molecule has 0 spiro atoms. The molecule has 122 valence electrons. The van der Waals surface area contributed by atoms with E-state index in [4.69, 9.17) is 0 Å². The molecule has 1 unspecified atom stereocenters. The molecule has 1 atom stereocenters. The predicted molar refractivity (Wildman–Crippen MR) is 88.3 cm³/mol. The largest absolute Gasteiger partial charge is 0.394 e. The van der Waals surface area contributed by atoms with Gasteiger partial charge in [-0.1, -0.05) is 20.8 Å². The van der Waals surface area contributed by atoms with Crippen LogP contribution in [-0.4, -0.2) is 29.6 Å². The predicted octanol–water partition coefficient (Wildman–Crippen LogP) is 3.12. The highest BCUT2D eigenvalue weighted by Gasteiger charge is 2.19. The maximum atomic E-state index is 12.0. The fourth-order valence-electron chi connectivity index (χ4n) is 2.39. The van der Waals surface area contributed by atoms with E-state index in [9.17, 15) is 14.7 Å². The number of benzene rings is 1. The number of ketones is 1. The van der Waals surface area contributed by atoms with E-state index in [1.807, 2.05) is 6.92 Å². The van der Waals surface area contributed by atoms with Gasteiger partial charge in [-0.15, -0.1) is 0 Å². The van der Waals surface area contributed by atoms with Crippen molar-refractivity contribution in [3.63, 3.8) is 0 Å². The number of aliphatic hydroxyl groups excluding tert-OH is 1. The summed E-state index contributed by atoms with van der Waals surface area (Å²) in [5.41, 5.74) is 2.10. The van der Waals surface area contributed by atoms with Crippen LogP contribution in [0.4, 0.5) is 10.5 Å². The lowest BCUT2D eigenvalue weighted by atomic mass is 9.88. The molecule has 3 N–H and O–H groups in total. The molecule has 5 heteroatoms. The van der Waals surface area contributed by atoms with Crippen LogP contribution in [0.15, 0.2) is 18.2 Å². The number of urea groups is 1. The van der Waals surface area contributed by atoms with Gasteiger partial charge >= 0.3 is 6.03 Å². The highest BCUT2D eigenvalue weighted by Crippen LogP contribution is 2.21. The maximum Gasteiger partial charge on any atom is 0.319 e. The summed E-state index contributed by atoms with van der Waals surface area (Å²) in [6, 6.07) is 4.50. The molecule has 22 heavy (non-hydrogen) atoms. The highest BCUT2D eigenvalue weighted by molar-refractivity contribution is 5.96. The summed E-state index contributed by atoms with van der Waals surface area (Å²) in [4.78, 5) is 23.4. The van der Waals surface area contributed by atoms with E-state index in [1.54, 1.807) is 18.2 Å². The summed E-state index contributed by atoms with van der Waals surface area (Å²) in [5.74, 6) is -0.000904. The molecule has 0 bridgehead atoms. The summed E-state index contributed by atoms with van der Waals surface area (Å²) < 4.78 is 0. The van der Waals surface area contributed by atoms with Crippen molar-refractivity contribution in [3.05, 3.63) is 29.3 Å². The molecule has 0 saturated carbocycles. The third kappa shape index (κ3) is 5.85. The summed E-state index contributed by atoms with van der Waals surface area (Å²) in [6.45, 7) is 9.40. The molecular weight excluding hydrogens is 280 g/mol. The highest BCUT2D eigenvalue weighted by atomic mass is 16.3. The molecule has 1 aromatic carbocycles. The Morgan fingerprint density at radius 3 is 2.36 bits per heavy atom. The van der Waals surface area contributed by atoms with Crippen LogP contribution in [0.1, 0.15) is 50.0 Å². The van der Waals surface area contributed by atoms with Crippen LogP contribution in [0.25, 0.3) is 0 Å². The van der Waals surface area contributed by atoms with Crippen LogP contribution in [0.3, 0.4) is 0 Å². The van der Waals surface area contributed by atoms with Gasteiger partial charge in [0, 0.05) is 11.3 Å². The van der Waals surface area contributed by atoms with Crippen molar-refractivity contribution in [2.45, 2.75) is 47.1 Å². The molecule has 1 rings (SSSR count).